The van der Waals surface area contributed by atoms with Gasteiger partial charge in [0.15, 0.2) is 5.82 Å². The van der Waals surface area contributed by atoms with Gasteiger partial charge in [0, 0.05) is 13.1 Å². The van der Waals surface area contributed by atoms with Crippen LogP contribution in [0, 0.1) is 5.92 Å². The molecule has 0 radical (unpaired) electrons. The van der Waals surface area contributed by atoms with E-state index in [9.17, 15) is 0 Å². The summed E-state index contributed by atoms with van der Waals surface area (Å²) in [6.45, 7) is 4.25. The number of aromatic nitrogens is 2. The predicted octanol–water partition coefficient (Wildman–Crippen LogP) is 0.957. The second kappa shape index (κ2) is 4.10. The van der Waals surface area contributed by atoms with Crippen molar-refractivity contribution in [2.45, 2.75) is 13.3 Å². The third kappa shape index (κ3) is 2.07. The molecule has 0 bridgehead atoms. The van der Waals surface area contributed by atoms with Crippen molar-refractivity contribution in [3.63, 3.8) is 0 Å². The molecule has 0 saturated carbocycles. The molecule has 0 aliphatic carbocycles. The van der Waals surface area contributed by atoms with Crippen molar-refractivity contribution in [1.82, 2.24) is 10.2 Å². The highest BCUT2D eigenvalue weighted by Crippen LogP contribution is 2.23. The predicted molar refractivity (Wildman–Crippen MR) is 63.9 cm³/mol. The number of hydrogen-bond donors (Lipinski definition) is 1. The Morgan fingerprint density at radius 2 is 2.47 bits per heavy atom. The van der Waals surface area contributed by atoms with Crippen molar-refractivity contribution >= 4 is 23.0 Å². The molecule has 2 rings (SSSR count). The molecule has 1 fully saturated rings. The molecule has 1 saturated heterocycles. The molecular formula is C10H14N4S. The summed E-state index contributed by atoms with van der Waals surface area (Å²) in [5.41, 5.74) is 6.48. The van der Waals surface area contributed by atoms with Gasteiger partial charge in [0.05, 0.1) is 11.8 Å². The highest BCUT2D eigenvalue weighted by atomic mass is 32.1. The van der Waals surface area contributed by atoms with Crippen LogP contribution >= 0.6 is 12.2 Å². The number of thiocarbonyl (C=S) groups is 1. The summed E-state index contributed by atoms with van der Waals surface area (Å²) < 4.78 is 0. The lowest BCUT2D eigenvalue weighted by Gasteiger charge is -2.18. The minimum Gasteiger partial charge on any atom is -0.389 e. The third-order valence-electron chi connectivity index (χ3n) is 2.69. The van der Waals surface area contributed by atoms with Crippen molar-refractivity contribution < 1.29 is 0 Å². The highest BCUT2D eigenvalue weighted by Gasteiger charge is 2.22. The van der Waals surface area contributed by atoms with Crippen molar-refractivity contribution in [1.29, 1.82) is 0 Å². The van der Waals surface area contributed by atoms with Crippen molar-refractivity contribution in [2.24, 2.45) is 11.7 Å². The molecule has 2 heterocycles. The van der Waals surface area contributed by atoms with Crippen LogP contribution in [-0.4, -0.2) is 28.3 Å². The maximum Gasteiger partial charge on any atom is 0.161 e. The van der Waals surface area contributed by atoms with E-state index in [0.717, 1.165) is 24.5 Å². The van der Waals surface area contributed by atoms with Gasteiger partial charge in [0.2, 0.25) is 0 Å². The van der Waals surface area contributed by atoms with Gasteiger partial charge >= 0.3 is 0 Å². The number of nitrogens with two attached hydrogens (primary N) is 1. The molecule has 1 atom stereocenters. The number of hydrogen-bond acceptors (Lipinski definition) is 4. The molecule has 80 valence electrons. The minimum atomic E-state index is 0.388. The van der Waals surface area contributed by atoms with E-state index in [4.69, 9.17) is 18.0 Å². The Labute approximate surface area is 94.5 Å². The average molecular weight is 222 g/mol. The van der Waals surface area contributed by atoms with Crippen LogP contribution in [0.3, 0.4) is 0 Å². The molecule has 1 aromatic heterocycles. The zero-order valence-corrected chi connectivity index (χ0v) is 9.50. The molecule has 0 amide bonds. The molecule has 15 heavy (non-hydrogen) atoms. The summed E-state index contributed by atoms with van der Waals surface area (Å²) in [6.07, 6.45) is 2.81. The van der Waals surface area contributed by atoms with E-state index in [1.807, 2.05) is 6.07 Å². The second-order valence-corrected chi connectivity index (χ2v) is 4.41. The van der Waals surface area contributed by atoms with E-state index in [1.54, 1.807) is 6.20 Å². The monoisotopic (exact) mass is 222 g/mol. The van der Waals surface area contributed by atoms with E-state index in [-0.39, 0.29) is 0 Å². The standard InChI is InChI=1S/C10H14N4S/c1-7-3-5-14(6-7)10-8(9(11)15)2-4-12-13-10/h2,4,7H,3,5-6H2,1H3,(H2,11,15). The summed E-state index contributed by atoms with van der Waals surface area (Å²) in [5, 5.41) is 8.02. The Kier molecular flexibility index (Phi) is 2.81. The Morgan fingerprint density at radius 1 is 1.67 bits per heavy atom. The molecule has 2 N–H and O–H groups in total. The molecule has 5 heteroatoms. The fourth-order valence-corrected chi connectivity index (χ4v) is 2.04. The Balaban J connectivity index is 2.31. The summed E-state index contributed by atoms with van der Waals surface area (Å²) >= 11 is 5.00. The van der Waals surface area contributed by atoms with Crippen molar-refractivity contribution in [3.05, 3.63) is 17.8 Å². The molecule has 1 aliphatic heterocycles. The fourth-order valence-electron chi connectivity index (χ4n) is 1.88. The van der Waals surface area contributed by atoms with E-state index in [1.165, 1.54) is 6.42 Å². The van der Waals surface area contributed by atoms with E-state index in [2.05, 4.69) is 22.0 Å². The van der Waals surface area contributed by atoms with Crippen LogP contribution in [0.2, 0.25) is 0 Å². The van der Waals surface area contributed by atoms with Crippen LogP contribution in [0.5, 0.6) is 0 Å². The largest absolute Gasteiger partial charge is 0.389 e. The van der Waals surface area contributed by atoms with Gasteiger partial charge in [-0.1, -0.05) is 19.1 Å². The quantitative estimate of drug-likeness (QED) is 0.755. The highest BCUT2D eigenvalue weighted by molar-refractivity contribution is 7.80. The molecular weight excluding hydrogens is 208 g/mol. The van der Waals surface area contributed by atoms with Crippen molar-refractivity contribution in [2.75, 3.05) is 18.0 Å². The molecule has 1 aromatic rings. The Bertz CT molecular complexity index is 379. The van der Waals surface area contributed by atoms with Gasteiger partial charge in [-0.3, -0.25) is 0 Å². The lowest BCUT2D eigenvalue weighted by molar-refractivity contribution is 0.658. The normalized spacial score (nSPS) is 20.6. The summed E-state index contributed by atoms with van der Waals surface area (Å²) in [5.74, 6) is 1.53. The van der Waals surface area contributed by atoms with Gasteiger partial charge in [-0.25, -0.2) is 0 Å². The summed E-state index contributed by atoms with van der Waals surface area (Å²) in [6, 6.07) is 1.83. The first-order valence-corrected chi connectivity index (χ1v) is 5.45. The van der Waals surface area contributed by atoms with Crippen LogP contribution in [0.1, 0.15) is 18.9 Å². The van der Waals surface area contributed by atoms with Crippen LogP contribution in [-0.2, 0) is 0 Å². The van der Waals surface area contributed by atoms with E-state index < -0.39 is 0 Å². The molecule has 1 unspecified atom stereocenters. The first-order chi connectivity index (χ1) is 7.18. The molecule has 0 spiro atoms. The minimum absolute atomic E-state index is 0.388. The van der Waals surface area contributed by atoms with Crippen LogP contribution in [0.25, 0.3) is 0 Å². The van der Waals surface area contributed by atoms with Gasteiger partial charge in [-0.15, -0.1) is 5.10 Å². The van der Waals surface area contributed by atoms with Crippen LogP contribution in [0.15, 0.2) is 12.3 Å². The lowest BCUT2D eigenvalue weighted by Crippen LogP contribution is -2.25. The average Bonchev–Trinajstić information content (AvgIpc) is 2.65. The first-order valence-electron chi connectivity index (χ1n) is 5.05. The third-order valence-corrected chi connectivity index (χ3v) is 2.91. The number of anilines is 1. The van der Waals surface area contributed by atoms with Gasteiger partial charge in [-0.2, -0.15) is 5.10 Å². The molecule has 0 aromatic carbocycles. The number of nitrogens with zero attached hydrogens (tertiary/aromatic N) is 3. The van der Waals surface area contributed by atoms with Gasteiger partial charge in [0.1, 0.15) is 4.99 Å². The maximum absolute atomic E-state index is 5.65. The second-order valence-electron chi connectivity index (χ2n) is 3.97. The molecule has 4 nitrogen and oxygen atoms in total. The maximum atomic E-state index is 5.65. The van der Waals surface area contributed by atoms with E-state index in [0.29, 0.717) is 10.9 Å². The van der Waals surface area contributed by atoms with Gasteiger partial charge in [0.25, 0.3) is 0 Å². The zero-order valence-electron chi connectivity index (χ0n) is 8.68. The van der Waals surface area contributed by atoms with E-state index >= 15 is 0 Å². The SMILES string of the molecule is CC1CCN(c2nnccc2C(N)=S)C1. The topological polar surface area (TPSA) is 55.0 Å². The van der Waals surface area contributed by atoms with Crippen LogP contribution in [0.4, 0.5) is 5.82 Å². The fraction of sp³-hybridized carbons (Fsp3) is 0.500. The molecule has 1 aliphatic rings. The van der Waals surface area contributed by atoms with Gasteiger partial charge in [-0.05, 0) is 18.4 Å². The lowest BCUT2D eigenvalue weighted by atomic mass is 10.2. The zero-order chi connectivity index (χ0) is 10.8. The smallest absolute Gasteiger partial charge is 0.161 e. The van der Waals surface area contributed by atoms with Crippen molar-refractivity contribution in [3.8, 4) is 0 Å². The number of rotatable bonds is 2. The Morgan fingerprint density at radius 3 is 3.07 bits per heavy atom. The summed E-state index contributed by atoms with van der Waals surface area (Å²) in [4.78, 5) is 2.59. The van der Waals surface area contributed by atoms with Gasteiger partial charge < -0.3 is 10.6 Å². The first kappa shape index (κ1) is 10.3. The van der Waals surface area contributed by atoms with Crippen LogP contribution < -0.4 is 10.6 Å². The summed E-state index contributed by atoms with van der Waals surface area (Å²) in [7, 11) is 0. The Hall–Kier alpha value is -1.23.